The Hall–Kier alpha value is -2.64. The van der Waals surface area contributed by atoms with Crippen LogP contribution in [0.25, 0.3) is 11.5 Å². The molecule has 0 aliphatic heterocycles. The number of nitrogens with one attached hydrogen (secondary N) is 1. The number of sulfonamides is 1. The molecule has 1 aromatic heterocycles. The molecule has 0 bridgehead atoms. The van der Waals surface area contributed by atoms with Crippen molar-refractivity contribution in [2.45, 2.75) is 25.2 Å². The van der Waals surface area contributed by atoms with Crippen molar-refractivity contribution in [3.8, 4) is 17.2 Å². The molecular weight excluding hydrogens is 364 g/mol. The standard InChI is InChI=1S/C20H22N2O4S/c1-14-6-4-5-7-19(14)27(23,24)21-13-12-18-15(2)26-20(22-18)16-8-10-17(25-3)11-9-16/h4-11,21H,12-13H2,1-3H3. The van der Waals surface area contributed by atoms with E-state index in [0.29, 0.717) is 28.5 Å². The molecule has 0 aliphatic carbocycles. The van der Waals surface area contributed by atoms with Crippen molar-refractivity contribution >= 4 is 10.0 Å². The third kappa shape index (κ3) is 4.37. The van der Waals surface area contributed by atoms with Gasteiger partial charge in [-0.1, -0.05) is 18.2 Å². The number of aromatic nitrogens is 1. The Morgan fingerprint density at radius 1 is 1.07 bits per heavy atom. The number of oxazole rings is 1. The second-order valence-electron chi connectivity index (χ2n) is 6.16. The van der Waals surface area contributed by atoms with E-state index in [-0.39, 0.29) is 6.54 Å². The molecule has 0 spiro atoms. The van der Waals surface area contributed by atoms with Gasteiger partial charge in [0.05, 0.1) is 17.7 Å². The van der Waals surface area contributed by atoms with Crippen molar-refractivity contribution in [3.05, 3.63) is 65.5 Å². The van der Waals surface area contributed by atoms with Gasteiger partial charge in [-0.3, -0.25) is 0 Å². The summed E-state index contributed by atoms with van der Waals surface area (Å²) in [5.41, 5.74) is 2.28. The Labute approximate surface area is 159 Å². The molecule has 0 atom stereocenters. The van der Waals surface area contributed by atoms with Crippen LogP contribution in [0.4, 0.5) is 0 Å². The summed E-state index contributed by atoms with van der Waals surface area (Å²) in [6, 6.07) is 14.3. The fourth-order valence-electron chi connectivity index (χ4n) is 2.76. The summed E-state index contributed by atoms with van der Waals surface area (Å²) in [4.78, 5) is 4.80. The Bertz CT molecular complexity index is 1020. The topological polar surface area (TPSA) is 81.4 Å². The number of hydrogen-bond acceptors (Lipinski definition) is 5. The second-order valence-corrected chi connectivity index (χ2v) is 7.90. The minimum atomic E-state index is -3.55. The first-order valence-corrected chi connectivity index (χ1v) is 10.0. The van der Waals surface area contributed by atoms with Gasteiger partial charge < -0.3 is 9.15 Å². The van der Waals surface area contributed by atoms with E-state index in [2.05, 4.69) is 9.71 Å². The highest BCUT2D eigenvalue weighted by Crippen LogP contribution is 2.24. The van der Waals surface area contributed by atoms with Crippen LogP contribution in [-0.4, -0.2) is 27.1 Å². The molecule has 0 saturated heterocycles. The smallest absolute Gasteiger partial charge is 0.240 e. The van der Waals surface area contributed by atoms with E-state index in [0.717, 1.165) is 17.0 Å². The van der Waals surface area contributed by atoms with Gasteiger partial charge in [-0.05, 0) is 49.7 Å². The Morgan fingerprint density at radius 3 is 2.44 bits per heavy atom. The molecule has 7 heteroatoms. The Balaban J connectivity index is 1.68. The fourth-order valence-corrected chi connectivity index (χ4v) is 4.03. The number of rotatable bonds is 7. The molecule has 6 nitrogen and oxygen atoms in total. The lowest BCUT2D eigenvalue weighted by Gasteiger charge is -2.08. The third-order valence-electron chi connectivity index (χ3n) is 4.27. The van der Waals surface area contributed by atoms with E-state index in [1.165, 1.54) is 0 Å². The van der Waals surface area contributed by atoms with E-state index >= 15 is 0 Å². The summed E-state index contributed by atoms with van der Waals surface area (Å²) in [7, 11) is -1.94. The van der Waals surface area contributed by atoms with E-state index < -0.39 is 10.0 Å². The van der Waals surface area contributed by atoms with Gasteiger partial charge in [0.1, 0.15) is 11.5 Å². The number of ether oxygens (including phenoxy) is 1. The van der Waals surface area contributed by atoms with Crippen molar-refractivity contribution < 1.29 is 17.6 Å². The van der Waals surface area contributed by atoms with Gasteiger partial charge in [-0.25, -0.2) is 18.1 Å². The zero-order valence-electron chi connectivity index (χ0n) is 15.5. The minimum Gasteiger partial charge on any atom is -0.497 e. The lowest BCUT2D eigenvalue weighted by Crippen LogP contribution is -2.26. The number of aryl methyl sites for hydroxylation is 2. The van der Waals surface area contributed by atoms with Gasteiger partial charge in [0.25, 0.3) is 0 Å². The highest BCUT2D eigenvalue weighted by Gasteiger charge is 2.17. The van der Waals surface area contributed by atoms with Crippen LogP contribution < -0.4 is 9.46 Å². The van der Waals surface area contributed by atoms with E-state index in [1.807, 2.05) is 37.3 Å². The molecule has 0 unspecified atom stereocenters. The van der Waals surface area contributed by atoms with Crippen LogP contribution in [0.15, 0.2) is 57.8 Å². The van der Waals surface area contributed by atoms with Crippen molar-refractivity contribution in [1.29, 1.82) is 0 Å². The first kappa shape index (κ1) is 19.1. The zero-order valence-corrected chi connectivity index (χ0v) is 16.3. The molecule has 27 heavy (non-hydrogen) atoms. The lowest BCUT2D eigenvalue weighted by atomic mass is 10.2. The van der Waals surface area contributed by atoms with Crippen LogP contribution in [0.3, 0.4) is 0 Å². The van der Waals surface area contributed by atoms with Gasteiger partial charge in [-0.15, -0.1) is 0 Å². The quantitative estimate of drug-likeness (QED) is 0.672. The monoisotopic (exact) mass is 386 g/mol. The van der Waals surface area contributed by atoms with Crippen molar-refractivity contribution in [3.63, 3.8) is 0 Å². The maximum Gasteiger partial charge on any atom is 0.240 e. The molecular formula is C20H22N2O4S. The first-order valence-electron chi connectivity index (χ1n) is 8.57. The van der Waals surface area contributed by atoms with E-state index in [1.54, 1.807) is 32.2 Å². The van der Waals surface area contributed by atoms with Crippen molar-refractivity contribution in [1.82, 2.24) is 9.71 Å². The molecule has 1 N–H and O–H groups in total. The molecule has 0 amide bonds. The second kappa shape index (κ2) is 7.94. The maximum atomic E-state index is 12.4. The average molecular weight is 386 g/mol. The lowest BCUT2D eigenvalue weighted by molar-refractivity contribution is 0.415. The number of nitrogens with zero attached hydrogens (tertiary/aromatic N) is 1. The highest BCUT2D eigenvalue weighted by molar-refractivity contribution is 7.89. The Morgan fingerprint density at radius 2 is 1.78 bits per heavy atom. The SMILES string of the molecule is COc1ccc(-c2nc(CCNS(=O)(=O)c3ccccc3C)c(C)o2)cc1. The van der Waals surface area contributed by atoms with Gasteiger partial charge in [-0.2, -0.15) is 0 Å². The summed E-state index contributed by atoms with van der Waals surface area (Å²) in [5.74, 6) is 1.94. The minimum absolute atomic E-state index is 0.242. The molecule has 2 aromatic carbocycles. The van der Waals surface area contributed by atoms with Gasteiger partial charge in [0, 0.05) is 18.5 Å². The highest BCUT2D eigenvalue weighted by atomic mass is 32.2. The summed E-state index contributed by atoms with van der Waals surface area (Å²) >= 11 is 0. The fraction of sp³-hybridized carbons (Fsp3) is 0.250. The third-order valence-corrected chi connectivity index (χ3v) is 5.89. The normalized spacial score (nSPS) is 11.5. The largest absolute Gasteiger partial charge is 0.497 e. The molecule has 3 aromatic rings. The van der Waals surface area contributed by atoms with E-state index in [9.17, 15) is 8.42 Å². The van der Waals surface area contributed by atoms with Crippen molar-refractivity contribution in [2.75, 3.05) is 13.7 Å². The van der Waals surface area contributed by atoms with Crippen LogP contribution in [0.5, 0.6) is 5.75 Å². The molecule has 3 rings (SSSR count). The summed E-state index contributed by atoms with van der Waals surface area (Å²) in [6.07, 6.45) is 0.441. The van der Waals surface area contributed by atoms with Crippen LogP contribution in [0.2, 0.25) is 0 Å². The van der Waals surface area contributed by atoms with Crippen LogP contribution in [0.1, 0.15) is 17.0 Å². The zero-order chi connectivity index (χ0) is 19.4. The van der Waals surface area contributed by atoms with E-state index in [4.69, 9.17) is 9.15 Å². The summed E-state index contributed by atoms with van der Waals surface area (Å²) in [6.45, 7) is 3.84. The first-order chi connectivity index (χ1) is 12.9. The van der Waals surface area contributed by atoms with Gasteiger partial charge in [0.15, 0.2) is 0 Å². The molecule has 0 saturated carbocycles. The molecule has 1 heterocycles. The molecule has 0 aliphatic rings. The predicted octanol–water partition coefficient (Wildman–Crippen LogP) is 3.49. The average Bonchev–Trinajstić information content (AvgIpc) is 3.02. The number of hydrogen-bond donors (Lipinski definition) is 1. The van der Waals surface area contributed by atoms with Crippen LogP contribution in [-0.2, 0) is 16.4 Å². The molecule has 0 radical (unpaired) electrons. The number of benzene rings is 2. The molecule has 142 valence electrons. The summed E-state index contributed by atoms with van der Waals surface area (Å²) in [5, 5.41) is 0. The maximum absolute atomic E-state index is 12.4. The van der Waals surface area contributed by atoms with Crippen LogP contribution >= 0.6 is 0 Å². The molecule has 0 fully saturated rings. The van der Waals surface area contributed by atoms with Crippen LogP contribution in [0, 0.1) is 13.8 Å². The van der Waals surface area contributed by atoms with Gasteiger partial charge >= 0.3 is 0 Å². The summed E-state index contributed by atoms with van der Waals surface area (Å²) < 4.78 is 38.4. The Kier molecular flexibility index (Phi) is 5.62. The van der Waals surface area contributed by atoms with Crippen molar-refractivity contribution in [2.24, 2.45) is 0 Å². The number of methoxy groups -OCH3 is 1. The predicted molar refractivity (Wildman–Crippen MR) is 103 cm³/mol. The van der Waals surface area contributed by atoms with Gasteiger partial charge in [0.2, 0.25) is 15.9 Å².